The van der Waals surface area contributed by atoms with Gasteiger partial charge in [-0.1, -0.05) is 162 Å². The molecule has 5 aliphatic heterocycles. The number of hydrogen-bond acceptors (Lipinski definition) is 14. The highest BCUT2D eigenvalue weighted by molar-refractivity contribution is 8.00. The number of nitrogens with zero attached hydrogens (tertiary/aromatic N) is 6. The number of fused-ring (bicyclic) bond motifs is 8. The molecule has 1 unspecified atom stereocenters. The molecule has 12 nitrogen and oxygen atoms in total. The maximum absolute atomic E-state index is 13.0. The smallest absolute Gasteiger partial charge is 0.419 e. The molecule has 6 aromatic rings. The van der Waals surface area contributed by atoms with Crippen molar-refractivity contribution in [3.8, 4) is 21.1 Å². The van der Waals surface area contributed by atoms with Gasteiger partial charge in [-0.05, 0) is 161 Å². The maximum atomic E-state index is 13.0. The lowest BCUT2D eigenvalue weighted by Gasteiger charge is -2.33. The Kier molecular flexibility index (Phi) is 29.6. The van der Waals surface area contributed by atoms with Gasteiger partial charge in [0, 0.05) is 95.4 Å². The molecule has 2 aliphatic carbocycles. The van der Waals surface area contributed by atoms with Crippen molar-refractivity contribution in [2.24, 2.45) is 0 Å². The Morgan fingerprint density at radius 1 is 0.610 bits per heavy atom. The number of amides is 1. The van der Waals surface area contributed by atoms with Crippen molar-refractivity contribution in [2.45, 2.75) is 144 Å². The zero-order chi connectivity index (χ0) is 70.6. The van der Waals surface area contributed by atoms with E-state index in [0.29, 0.717) is 0 Å². The number of rotatable bonds is 14. The molecule has 2 N–H and O–H groups in total. The molecule has 524 valence electrons. The van der Waals surface area contributed by atoms with Gasteiger partial charge in [-0.3, -0.25) is 4.79 Å². The van der Waals surface area contributed by atoms with Crippen LogP contribution in [-0.2, 0) is 9.47 Å². The minimum absolute atomic E-state index is 0. The number of hydrogen-bond donors (Lipinski definition) is 2. The molecule has 1 saturated heterocycles. The highest BCUT2D eigenvalue weighted by atomic mass is 127. The third-order valence-corrected chi connectivity index (χ3v) is 20.4. The second-order valence-electron chi connectivity index (χ2n) is 26.0. The first-order valence-electron chi connectivity index (χ1n) is 34.4. The van der Waals surface area contributed by atoms with Crippen LogP contribution in [0.2, 0.25) is 0 Å². The van der Waals surface area contributed by atoms with Crippen LogP contribution in [0.3, 0.4) is 0 Å². The van der Waals surface area contributed by atoms with Crippen LogP contribution in [0.4, 0.5) is 38.9 Å². The van der Waals surface area contributed by atoms with Crippen molar-refractivity contribution in [1.82, 2.24) is 14.5 Å². The molecule has 1 amide bonds. The lowest BCUT2D eigenvalue weighted by molar-refractivity contribution is -0.0589. The maximum Gasteiger partial charge on any atom is 0.419 e. The van der Waals surface area contributed by atoms with Crippen molar-refractivity contribution < 1.29 is 43.4 Å². The number of carbonyl (C=O) groups excluding carboxylic acids is 1. The van der Waals surface area contributed by atoms with Crippen LogP contribution in [0, 0.1) is 0 Å². The lowest BCUT2D eigenvalue weighted by Crippen LogP contribution is -3.00. The van der Waals surface area contributed by atoms with Gasteiger partial charge in [-0.15, -0.1) is 22.7 Å². The Bertz CT molecular complexity index is 4580. The van der Waals surface area contributed by atoms with Gasteiger partial charge in [0.25, 0.3) is 0 Å². The molecule has 5 heterocycles. The van der Waals surface area contributed by atoms with Crippen LogP contribution in [0.5, 0.6) is 0 Å². The number of unbranched alkanes of at least 4 members (excludes halogenated alkanes) is 4. The summed E-state index contributed by atoms with van der Waals surface area (Å²) in [5.41, 5.74) is 14.3. The standard InChI is InChI=1S/C22H25NO2S.C21H26N3S.C19H20N2OS.C17H17NS.C4H8O2.HI/c1-5-6-7-10-16-13-14-20-18(15-16)23(21(24)25-22(2,3)4)17-11-8-9-12-19(17)26-20;1-6-7-8-9-15-12-18-21(14-19(15)24(4)5)25-20-13-16(23(2)3)10-11-17(20)22-18;1-4-5-6-7-13-10-16-19(12-17(13)22)23-18-11-14(21(2)3)8-9-15(18)20-16;1-2-3-4-7-13-10-11-17-15(12-13)18-14-8-5-6-9-16(14)19-17;5-4-2-1-3-6-4;/h7-15H,5-6H2,1-4H3;8-14H,6-7H2,1-5H3;6-12H,4-5H2,1-3H3;4-12,18H,2-3H2,1H3;4-5H,1-3H2;1H/q;+1;;;;/p-1/b10-7+;9-8+;7-6+;7-4+;;. The van der Waals surface area contributed by atoms with Gasteiger partial charge in [-0.2, -0.15) is 0 Å². The van der Waals surface area contributed by atoms with Crippen LogP contribution in [0.1, 0.15) is 135 Å². The molecule has 0 bridgehead atoms. The number of aliphatic hydroxyl groups excluding tert-OH is 1. The number of aliphatic hydroxyl groups is 1. The predicted octanol–water partition coefficient (Wildman–Crippen LogP) is 18.8. The van der Waals surface area contributed by atoms with Gasteiger partial charge in [0.05, 0.1) is 64.3 Å². The van der Waals surface area contributed by atoms with Crippen molar-refractivity contribution in [2.75, 3.05) is 68.9 Å². The van der Waals surface area contributed by atoms with E-state index < -0.39 is 11.9 Å². The fourth-order valence-corrected chi connectivity index (χ4v) is 14.8. The summed E-state index contributed by atoms with van der Waals surface area (Å²) in [6, 6.07) is 50.0. The quantitative estimate of drug-likeness (QED) is 0.0612. The highest BCUT2D eigenvalue weighted by Gasteiger charge is 2.32. The van der Waals surface area contributed by atoms with Gasteiger partial charge >= 0.3 is 6.09 Å². The molecule has 1 atom stereocenters. The van der Waals surface area contributed by atoms with E-state index in [9.17, 15) is 9.59 Å². The first-order chi connectivity index (χ1) is 47.7. The van der Waals surface area contributed by atoms with E-state index in [1.807, 2.05) is 100 Å². The summed E-state index contributed by atoms with van der Waals surface area (Å²) >= 11 is 6.95. The molecule has 100 heavy (non-hydrogen) atoms. The van der Waals surface area contributed by atoms with Crippen molar-refractivity contribution in [3.05, 3.63) is 208 Å². The largest absolute Gasteiger partial charge is 1.00 e. The van der Waals surface area contributed by atoms with Gasteiger partial charge in [0.1, 0.15) is 19.7 Å². The average Bonchev–Trinajstić information content (AvgIpc) is 0.806. The van der Waals surface area contributed by atoms with E-state index >= 15 is 0 Å². The van der Waals surface area contributed by atoms with Gasteiger partial charge < -0.3 is 53.7 Å². The van der Waals surface area contributed by atoms with E-state index in [-0.39, 0.29) is 35.5 Å². The molecule has 0 aromatic heterocycles. The number of aromatic nitrogens is 2. The third kappa shape index (κ3) is 21.7. The van der Waals surface area contributed by atoms with Crippen LogP contribution in [0.15, 0.2) is 194 Å². The molecule has 1 fully saturated rings. The Morgan fingerprint density at radius 3 is 1.65 bits per heavy atom. The number of nitrogens with one attached hydrogen (secondary N) is 1. The topological polar surface area (TPSA) is 123 Å². The van der Waals surface area contributed by atoms with Crippen LogP contribution >= 0.6 is 46.2 Å². The Morgan fingerprint density at radius 2 is 1.11 bits per heavy atom. The van der Waals surface area contributed by atoms with Gasteiger partial charge in [0.2, 0.25) is 5.36 Å². The first-order valence-corrected chi connectivity index (χ1v) is 37.7. The van der Waals surface area contributed by atoms with Gasteiger partial charge in [0.15, 0.2) is 11.7 Å². The fraction of sp³-hybridized carbons (Fsp3) is 0.313. The molecule has 6 aromatic carbocycles. The van der Waals surface area contributed by atoms with Crippen molar-refractivity contribution >= 4 is 131 Å². The summed E-state index contributed by atoms with van der Waals surface area (Å²) < 4.78 is 14.9. The zero-order valence-electron chi connectivity index (χ0n) is 60.1. The molecule has 0 spiro atoms. The molecular formula is C83H96IN7O5S4. The van der Waals surface area contributed by atoms with Crippen LogP contribution < -0.4 is 59.4 Å². The summed E-state index contributed by atoms with van der Waals surface area (Å²) in [7, 11) is 12.4. The number of benzene rings is 8. The third-order valence-electron chi connectivity index (χ3n) is 16.0. The molecule has 17 heteroatoms. The molecule has 0 saturated carbocycles. The molecule has 13 rings (SSSR count). The summed E-state index contributed by atoms with van der Waals surface area (Å²) in [4.78, 5) is 47.6. The zero-order valence-corrected chi connectivity index (χ0v) is 65.5. The minimum Gasteiger partial charge on any atom is -1.00 e. The Balaban J connectivity index is 0.000000165. The number of allylic oxidation sites excluding steroid dienone is 4. The summed E-state index contributed by atoms with van der Waals surface area (Å²) in [5.74, 6) is 0. The van der Waals surface area contributed by atoms with Crippen LogP contribution in [0.25, 0.3) is 65.9 Å². The average molecular weight is 1530 g/mol. The number of halogens is 1. The minimum atomic E-state index is -0.546. The molecular weight excluding hydrogens is 1430 g/mol. The van der Waals surface area contributed by atoms with E-state index in [4.69, 9.17) is 24.5 Å². The fourth-order valence-electron chi connectivity index (χ4n) is 10.8. The molecule has 7 aliphatic rings. The van der Waals surface area contributed by atoms with Crippen LogP contribution in [-0.4, -0.2) is 82.0 Å². The van der Waals surface area contributed by atoms with Crippen molar-refractivity contribution in [3.63, 3.8) is 0 Å². The Hall–Kier alpha value is -7.62. The van der Waals surface area contributed by atoms with E-state index in [1.54, 1.807) is 34.1 Å². The normalized spacial score (nSPS) is 13.6. The predicted molar refractivity (Wildman–Crippen MR) is 427 cm³/mol. The Labute approximate surface area is 626 Å². The van der Waals surface area contributed by atoms with E-state index in [1.165, 1.54) is 65.8 Å². The summed E-state index contributed by atoms with van der Waals surface area (Å²) in [5, 5.41) is 13.3. The number of ether oxygens (including phenoxy) is 2. The highest BCUT2D eigenvalue weighted by Crippen LogP contribution is 2.49. The summed E-state index contributed by atoms with van der Waals surface area (Å²) in [6.07, 6.45) is 27.0. The second-order valence-corrected chi connectivity index (χ2v) is 30.3. The number of anilines is 6. The van der Waals surface area contributed by atoms with Crippen molar-refractivity contribution in [1.29, 1.82) is 0 Å². The number of para-hydroxylation sites is 2. The first kappa shape index (κ1) is 78.1. The van der Waals surface area contributed by atoms with Gasteiger partial charge in [-0.25, -0.2) is 24.2 Å². The lowest BCUT2D eigenvalue weighted by atomic mass is 10.1. The molecule has 0 radical (unpaired) electrons. The second kappa shape index (κ2) is 37.9. The van der Waals surface area contributed by atoms with E-state index in [0.717, 1.165) is 128 Å². The van der Waals surface area contributed by atoms with E-state index in [2.05, 4.69) is 221 Å². The summed E-state index contributed by atoms with van der Waals surface area (Å²) in [6.45, 7) is 15.1. The SMILES string of the molecule is CCC/C=C/c1cc2nc3ccc(N(C)C)cc3sc-2cc1=O.CCC/C=C/c1cc2nc3ccc(N(C)C)cc3sc-2cc1=[N+](C)C.CCC/C=C/c1ccc2c(c1)N(C(=O)OC(C)(C)C)c1ccccc1S2.CCC/C=C/c1ccc2c(c1)Nc1ccccc1S2.OC1CCCO1.[I-]. The monoisotopic (exact) mass is 1530 g/mol. The number of carbonyl (C=O) groups is 1.